The zero-order valence-corrected chi connectivity index (χ0v) is 10.4. The molecule has 0 aromatic heterocycles. The monoisotopic (exact) mass is 256 g/mol. The predicted octanol–water partition coefficient (Wildman–Crippen LogP) is 2.13. The first-order valence-corrected chi connectivity index (χ1v) is 6.02. The number of amides is 2. The first-order valence-electron chi connectivity index (χ1n) is 6.02. The molecule has 0 saturated carbocycles. The van der Waals surface area contributed by atoms with Gasteiger partial charge in [0.05, 0.1) is 6.04 Å². The summed E-state index contributed by atoms with van der Waals surface area (Å²) in [7, 11) is 0. The van der Waals surface area contributed by atoms with Gasteiger partial charge in [-0.2, -0.15) is 0 Å². The number of urea groups is 1. The second kappa shape index (κ2) is 6.02. The first kappa shape index (κ1) is 13.1. The fraction of sp³-hybridized carbons (Fsp3) is 0.133. The van der Waals surface area contributed by atoms with Gasteiger partial charge in [0.2, 0.25) is 0 Å². The highest BCUT2D eigenvalue weighted by molar-refractivity contribution is 5.72. The third kappa shape index (κ3) is 3.33. The number of rotatable bonds is 4. The summed E-state index contributed by atoms with van der Waals surface area (Å²) in [6, 6.07) is 17.2. The highest BCUT2D eigenvalue weighted by atomic mass is 16.3. The SMILES string of the molecule is NC(=O)N[C@H](c1ccccc1)[C@@H](O)c1ccccc1. The van der Waals surface area contributed by atoms with E-state index >= 15 is 0 Å². The minimum absolute atomic E-state index is 0.568. The van der Waals surface area contributed by atoms with Crippen molar-refractivity contribution in [3.05, 3.63) is 71.8 Å². The summed E-state index contributed by atoms with van der Waals surface area (Å²) in [5.74, 6) is 0. The Morgan fingerprint density at radius 3 is 1.89 bits per heavy atom. The zero-order valence-electron chi connectivity index (χ0n) is 10.4. The van der Waals surface area contributed by atoms with Gasteiger partial charge in [0.1, 0.15) is 6.10 Å². The average Bonchev–Trinajstić information content (AvgIpc) is 2.46. The number of primary amides is 1. The van der Waals surface area contributed by atoms with Crippen LogP contribution in [0.25, 0.3) is 0 Å². The van der Waals surface area contributed by atoms with Crippen LogP contribution in [0.4, 0.5) is 4.79 Å². The molecule has 2 aromatic carbocycles. The number of nitrogens with one attached hydrogen (secondary N) is 1. The van der Waals surface area contributed by atoms with Crippen LogP contribution in [0.15, 0.2) is 60.7 Å². The fourth-order valence-corrected chi connectivity index (χ4v) is 2.00. The number of aliphatic hydroxyl groups is 1. The Bertz CT molecular complexity index is 528. The molecule has 98 valence electrons. The van der Waals surface area contributed by atoms with Gasteiger partial charge >= 0.3 is 6.03 Å². The summed E-state index contributed by atoms with van der Waals surface area (Å²) in [4.78, 5) is 11.1. The lowest BCUT2D eigenvalue weighted by Gasteiger charge is -2.24. The number of hydrogen-bond acceptors (Lipinski definition) is 2. The number of carbonyl (C=O) groups excluding carboxylic acids is 1. The second-order valence-corrected chi connectivity index (χ2v) is 4.25. The maximum atomic E-state index is 11.1. The lowest BCUT2D eigenvalue weighted by molar-refractivity contribution is 0.131. The van der Waals surface area contributed by atoms with Crippen LogP contribution in [-0.4, -0.2) is 11.1 Å². The average molecular weight is 256 g/mol. The molecule has 0 saturated heterocycles. The molecule has 0 bridgehead atoms. The minimum atomic E-state index is -0.851. The normalized spacial score (nSPS) is 13.5. The van der Waals surface area contributed by atoms with Gasteiger partial charge in [0, 0.05) is 0 Å². The molecular formula is C15H16N2O2. The van der Waals surface area contributed by atoms with E-state index in [4.69, 9.17) is 5.73 Å². The quantitative estimate of drug-likeness (QED) is 0.783. The summed E-state index contributed by atoms with van der Waals surface area (Å²) in [6.45, 7) is 0. The third-order valence-corrected chi connectivity index (χ3v) is 2.91. The molecule has 0 aliphatic heterocycles. The molecule has 0 heterocycles. The smallest absolute Gasteiger partial charge is 0.312 e. The molecule has 0 aliphatic rings. The van der Waals surface area contributed by atoms with Crippen LogP contribution in [0.2, 0.25) is 0 Å². The molecule has 4 heteroatoms. The highest BCUT2D eigenvalue weighted by Gasteiger charge is 2.23. The van der Waals surface area contributed by atoms with Gasteiger partial charge in [-0.15, -0.1) is 0 Å². The topological polar surface area (TPSA) is 75.4 Å². The molecule has 19 heavy (non-hydrogen) atoms. The summed E-state index contributed by atoms with van der Waals surface area (Å²) >= 11 is 0. The Hall–Kier alpha value is -2.33. The van der Waals surface area contributed by atoms with Gasteiger partial charge in [-0.05, 0) is 11.1 Å². The van der Waals surface area contributed by atoms with Crippen molar-refractivity contribution in [1.29, 1.82) is 0 Å². The maximum Gasteiger partial charge on any atom is 0.312 e. The number of benzene rings is 2. The van der Waals surface area contributed by atoms with E-state index in [1.165, 1.54) is 0 Å². The van der Waals surface area contributed by atoms with E-state index in [1.54, 1.807) is 0 Å². The number of aliphatic hydroxyl groups excluding tert-OH is 1. The van der Waals surface area contributed by atoms with Crippen molar-refractivity contribution in [1.82, 2.24) is 5.32 Å². The molecule has 2 aromatic rings. The van der Waals surface area contributed by atoms with E-state index in [2.05, 4.69) is 5.32 Å². The standard InChI is InChI=1S/C15H16N2O2/c16-15(19)17-13(11-7-3-1-4-8-11)14(18)12-9-5-2-6-10-12/h1-10,13-14,18H,(H3,16,17,19)/t13-,14+/m1/s1. The predicted molar refractivity (Wildman–Crippen MR) is 73.3 cm³/mol. The number of carbonyl (C=O) groups is 1. The van der Waals surface area contributed by atoms with E-state index in [-0.39, 0.29) is 0 Å². The molecular weight excluding hydrogens is 240 g/mol. The van der Waals surface area contributed by atoms with E-state index in [1.807, 2.05) is 60.7 Å². The number of nitrogens with two attached hydrogens (primary N) is 1. The zero-order chi connectivity index (χ0) is 13.7. The van der Waals surface area contributed by atoms with Crippen LogP contribution in [0.3, 0.4) is 0 Å². The van der Waals surface area contributed by atoms with Crippen molar-refractivity contribution < 1.29 is 9.90 Å². The van der Waals surface area contributed by atoms with Crippen molar-refractivity contribution in [3.8, 4) is 0 Å². The molecule has 4 N–H and O–H groups in total. The van der Waals surface area contributed by atoms with Crippen LogP contribution < -0.4 is 11.1 Å². The van der Waals surface area contributed by atoms with E-state index in [0.717, 1.165) is 11.1 Å². The summed E-state index contributed by atoms with van der Waals surface area (Å²) in [5.41, 5.74) is 6.72. The maximum absolute atomic E-state index is 11.1. The second-order valence-electron chi connectivity index (χ2n) is 4.25. The Morgan fingerprint density at radius 1 is 0.947 bits per heavy atom. The lowest BCUT2D eigenvalue weighted by Crippen LogP contribution is -2.36. The lowest BCUT2D eigenvalue weighted by atomic mass is 9.96. The Balaban J connectivity index is 2.30. The molecule has 2 amide bonds. The van der Waals surface area contributed by atoms with Gasteiger partial charge in [-0.1, -0.05) is 60.7 Å². The molecule has 0 unspecified atom stereocenters. The molecule has 2 rings (SSSR count). The van der Waals surface area contributed by atoms with Gasteiger partial charge in [0.25, 0.3) is 0 Å². The van der Waals surface area contributed by atoms with Crippen LogP contribution in [0.5, 0.6) is 0 Å². The molecule has 0 fully saturated rings. The largest absolute Gasteiger partial charge is 0.386 e. The van der Waals surface area contributed by atoms with Crippen molar-refractivity contribution in [2.75, 3.05) is 0 Å². The van der Waals surface area contributed by atoms with Crippen LogP contribution in [0, 0.1) is 0 Å². The molecule has 0 aliphatic carbocycles. The van der Waals surface area contributed by atoms with Gasteiger partial charge in [-0.3, -0.25) is 0 Å². The molecule has 0 radical (unpaired) electrons. The molecule has 4 nitrogen and oxygen atoms in total. The summed E-state index contributed by atoms with van der Waals surface area (Å²) in [6.07, 6.45) is -0.851. The Kier molecular flexibility index (Phi) is 4.15. The van der Waals surface area contributed by atoms with Crippen molar-refractivity contribution in [2.45, 2.75) is 12.1 Å². The minimum Gasteiger partial charge on any atom is -0.386 e. The van der Waals surface area contributed by atoms with E-state index in [0.29, 0.717) is 0 Å². The highest BCUT2D eigenvalue weighted by Crippen LogP contribution is 2.28. The Morgan fingerprint density at radius 2 is 1.42 bits per heavy atom. The van der Waals surface area contributed by atoms with E-state index in [9.17, 15) is 9.90 Å². The van der Waals surface area contributed by atoms with Gasteiger partial charge in [-0.25, -0.2) is 4.79 Å². The van der Waals surface area contributed by atoms with Crippen molar-refractivity contribution >= 4 is 6.03 Å². The third-order valence-electron chi connectivity index (χ3n) is 2.91. The fourth-order valence-electron chi connectivity index (χ4n) is 2.00. The van der Waals surface area contributed by atoms with Crippen LogP contribution in [0.1, 0.15) is 23.3 Å². The van der Waals surface area contributed by atoms with Gasteiger partial charge in [0.15, 0.2) is 0 Å². The van der Waals surface area contributed by atoms with Crippen molar-refractivity contribution in [2.24, 2.45) is 5.73 Å². The Labute approximate surface area is 111 Å². The summed E-state index contributed by atoms with van der Waals surface area (Å²) in [5, 5.41) is 13.0. The first-order chi connectivity index (χ1) is 9.18. The van der Waals surface area contributed by atoms with E-state index < -0.39 is 18.2 Å². The molecule has 0 spiro atoms. The van der Waals surface area contributed by atoms with Crippen LogP contribution in [-0.2, 0) is 0 Å². The van der Waals surface area contributed by atoms with Crippen LogP contribution >= 0.6 is 0 Å². The van der Waals surface area contributed by atoms with Gasteiger partial charge < -0.3 is 16.2 Å². The van der Waals surface area contributed by atoms with Crippen molar-refractivity contribution in [3.63, 3.8) is 0 Å². The summed E-state index contributed by atoms with van der Waals surface area (Å²) < 4.78 is 0. The number of hydrogen-bond donors (Lipinski definition) is 3. The molecule has 2 atom stereocenters.